The van der Waals surface area contributed by atoms with Gasteiger partial charge in [-0.15, -0.1) is 12.4 Å². The number of nitrogens with zero attached hydrogens (tertiary/aromatic N) is 1. The highest BCUT2D eigenvalue weighted by Crippen LogP contribution is 2.44. The highest BCUT2D eigenvalue weighted by molar-refractivity contribution is 5.85. The van der Waals surface area contributed by atoms with Crippen LogP contribution in [0, 0.1) is 11.2 Å². The Morgan fingerprint density at radius 3 is 2.13 bits per heavy atom. The van der Waals surface area contributed by atoms with E-state index in [1.54, 1.807) is 0 Å². The number of benzene rings is 1. The van der Waals surface area contributed by atoms with Crippen molar-refractivity contribution in [2.45, 2.75) is 33.0 Å². The highest BCUT2D eigenvalue weighted by atomic mass is 35.5. The van der Waals surface area contributed by atoms with Crippen LogP contribution in [-0.4, -0.2) is 31.1 Å². The van der Waals surface area contributed by atoms with Crippen molar-refractivity contribution >= 4 is 12.4 Å². The third kappa shape index (κ3) is 4.58. The first-order valence-electron chi connectivity index (χ1n) is 7.43. The first kappa shape index (κ1) is 20.2. The Morgan fingerprint density at radius 2 is 1.65 bits per heavy atom. The quantitative estimate of drug-likeness (QED) is 0.798. The molecule has 0 unspecified atom stereocenters. The van der Waals surface area contributed by atoms with Gasteiger partial charge in [0.1, 0.15) is 5.82 Å². The summed E-state index contributed by atoms with van der Waals surface area (Å²) < 4.78 is 54.4. The maximum atomic E-state index is 14.4. The van der Waals surface area contributed by atoms with Gasteiger partial charge in [-0.3, -0.25) is 4.90 Å². The molecule has 0 saturated carbocycles. The van der Waals surface area contributed by atoms with E-state index >= 15 is 0 Å². The molecule has 1 N–H and O–H groups in total. The highest BCUT2D eigenvalue weighted by Gasteiger charge is 2.42. The van der Waals surface area contributed by atoms with E-state index in [-0.39, 0.29) is 18.0 Å². The smallest absolute Gasteiger partial charge is 0.314 e. The molecule has 1 aliphatic heterocycles. The van der Waals surface area contributed by atoms with Crippen LogP contribution in [0.2, 0.25) is 0 Å². The molecule has 2 rings (SSSR count). The minimum absolute atomic E-state index is 0. The van der Waals surface area contributed by atoms with Gasteiger partial charge in [0.15, 0.2) is 0 Å². The van der Waals surface area contributed by atoms with Crippen molar-refractivity contribution in [2.75, 3.05) is 26.2 Å². The molecule has 23 heavy (non-hydrogen) atoms. The van der Waals surface area contributed by atoms with Crippen LogP contribution in [-0.2, 0) is 6.18 Å². The summed E-state index contributed by atoms with van der Waals surface area (Å²) in [6, 6.07) is 2.59. The first-order valence-corrected chi connectivity index (χ1v) is 7.43. The lowest BCUT2D eigenvalue weighted by molar-refractivity contribution is -0.139. The zero-order chi connectivity index (χ0) is 16.5. The summed E-state index contributed by atoms with van der Waals surface area (Å²) in [5, 5.41) is 3.17. The molecule has 0 bridgehead atoms. The van der Waals surface area contributed by atoms with Crippen LogP contribution in [0.25, 0.3) is 0 Å². The van der Waals surface area contributed by atoms with Crippen LogP contribution in [0.1, 0.15) is 37.9 Å². The molecule has 1 aromatic carbocycles. The van der Waals surface area contributed by atoms with Gasteiger partial charge in [0.25, 0.3) is 0 Å². The van der Waals surface area contributed by atoms with E-state index < -0.39 is 29.0 Å². The van der Waals surface area contributed by atoms with Gasteiger partial charge >= 0.3 is 6.18 Å². The van der Waals surface area contributed by atoms with Gasteiger partial charge in [0.05, 0.1) is 5.56 Å². The minimum Gasteiger partial charge on any atom is -0.314 e. The maximum absolute atomic E-state index is 14.4. The molecular weight excluding hydrogens is 332 g/mol. The van der Waals surface area contributed by atoms with Gasteiger partial charge in [0, 0.05) is 37.8 Å². The molecule has 0 aliphatic carbocycles. The Bertz CT molecular complexity index is 520. The lowest BCUT2D eigenvalue weighted by atomic mass is 9.79. The van der Waals surface area contributed by atoms with Crippen molar-refractivity contribution in [1.82, 2.24) is 10.2 Å². The SMILES string of the molecule is CC(C)(C)[C@@H](c1c(F)cccc1C(F)(F)F)N1CCNCC1.Cl. The summed E-state index contributed by atoms with van der Waals surface area (Å²) in [7, 11) is 0. The normalized spacial score (nSPS) is 18.4. The molecule has 1 heterocycles. The van der Waals surface area contributed by atoms with Crippen molar-refractivity contribution in [3.05, 3.63) is 35.1 Å². The van der Waals surface area contributed by atoms with Gasteiger partial charge < -0.3 is 5.32 Å². The van der Waals surface area contributed by atoms with Crippen molar-refractivity contribution in [3.63, 3.8) is 0 Å². The zero-order valence-electron chi connectivity index (χ0n) is 13.5. The van der Waals surface area contributed by atoms with Gasteiger partial charge in [-0.05, 0) is 17.5 Å². The second-order valence-corrected chi connectivity index (χ2v) is 6.75. The average molecular weight is 355 g/mol. The number of halogens is 5. The van der Waals surface area contributed by atoms with E-state index in [1.807, 2.05) is 25.7 Å². The number of piperazine rings is 1. The Hall–Kier alpha value is -0.850. The predicted octanol–water partition coefficient (Wildman–Crippen LogP) is 4.26. The number of alkyl halides is 3. The predicted molar refractivity (Wildman–Crippen MR) is 85.3 cm³/mol. The molecule has 0 radical (unpaired) electrons. The Balaban J connectivity index is 0.00000264. The summed E-state index contributed by atoms with van der Waals surface area (Å²) in [5.74, 6) is -0.784. The lowest BCUT2D eigenvalue weighted by Crippen LogP contribution is -2.49. The molecule has 7 heteroatoms. The average Bonchev–Trinajstić information content (AvgIpc) is 2.39. The number of nitrogens with one attached hydrogen (secondary N) is 1. The van der Waals surface area contributed by atoms with Crippen LogP contribution >= 0.6 is 12.4 Å². The fourth-order valence-electron chi connectivity index (χ4n) is 3.17. The van der Waals surface area contributed by atoms with Crippen LogP contribution in [0.5, 0.6) is 0 Å². The zero-order valence-corrected chi connectivity index (χ0v) is 14.3. The molecule has 0 amide bonds. The van der Waals surface area contributed by atoms with Gasteiger partial charge in [-0.25, -0.2) is 4.39 Å². The van der Waals surface area contributed by atoms with Crippen molar-refractivity contribution in [3.8, 4) is 0 Å². The standard InChI is InChI=1S/C16H22F4N2.ClH/c1-15(2,3)14(22-9-7-21-8-10-22)13-11(16(18,19)20)5-4-6-12(13)17;/h4-6,14,21H,7-10H2,1-3H3;1H/t14-;/m1./s1. The Kier molecular flexibility index (Phi) is 6.47. The van der Waals surface area contributed by atoms with Crippen molar-refractivity contribution in [2.24, 2.45) is 5.41 Å². The fraction of sp³-hybridized carbons (Fsp3) is 0.625. The second-order valence-electron chi connectivity index (χ2n) is 6.75. The molecule has 132 valence electrons. The molecule has 1 saturated heterocycles. The summed E-state index contributed by atoms with van der Waals surface area (Å²) in [4.78, 5) is 1.95. The second kappa shape index (κ2) is 7.36. The van der Waals surface area contributed by atoms with E-state index in [2.05, 4.69) is 5.32 Å². The largest absolute Gasteiger partial charge is 0.416 e. The third-order valence-electron chi connectivity index (χ3n) is 3.97. The van der Waals surface area contributed by atoms with Gasteiger partial charge in [0.2, 0.25) is 0 Å². The summed E-state index contributed by atoms with van der Waals surface area (Å²) in [6.07, 6.45) is -4.56. The Morgan fingerprint density at radius 1 is 1.09 bits per heavy atom. The molecule has 1 aromatic rings. The molecular formula is C16H23ClF4N2. The minimum atomic E-state index is -4.56. The molecule has 1 atom stereocenters. The maximum Gasteiger partial charge on any atom is 0.416 e. The summed E-state index contributed by atoms with van der Waals surface area (Å²) >= 11 is 0. The van der Waals surface area contributed by atoms with Gasteiger partial charge in [-0.2, -0.15) is 13.2 Å². The van der Waals surface area contributed by atoms with E-state index in [9.17, 15) is 17.6 Å². The molecule has 1 fully saturated rings. The van der Waals surface area contributed by atoms with Crippen LogP contribution in [0.15, 0.2) is 18.2 Å². The summed E-state index contributed by atoms with van der Waals surface area (Å²) in [5.41, 5.74) is -1.62. The first-order chi connectivity index (χ1) is 10.1. The molecule has 0 aromatic heterocycles. The van der Waals surface area contributed by atoms with E-state index in [0.717, 1.165) is 18.2 Å². The Labute approximate surface area is 140 Å². The fourth-order valence-corrected chi connectivity index (χ4v) is 3.17. The van der Waals surface area contributed by atoms with E-state index in [1.165, 1.54) is 0 Å². The van der Waals surface area contributed by atoms with Gasteiger partial charge in [-0.1, -0.05) is 26.8 Å². The monoisotopic (exact) mass is 354 g/mol. The molecule has 2 nitrogen and oxygen atoms in total. The molecule has 1 aliphatic rings. The lowest BCUT2D eigenvalue weighted by Gasteiger charge is -2.43. The van der Waals surface area contributed by atoms with Crippen LogP contribution in [0.4, 0.5) is 17.6 Å². The van der Waals surface area contributed by atoms with Crippen molar-refractivity contribution < 1.29 is 17.6 Å². The topological polar surface area (TPSA) is 15.3 Å². The van der Waals surface area contributed by atoms with Crippen LogP contribution in [0.3, 0.4) is 0 Å². The van der Waals surface area contributed by atoms with E-state index in [0.29, 0.717) is 26.2 Å². The third-order valence-corrected chi connectivity index (χ3v) is 3.97. The van der Waals surface area contributed by atoms with E-state index in [4.69, 9.17) is 0 Å². The van der Waals surface area contributed by atoms with Crippen molar-refractivity contribution in [1.29, 1.82) is 0 Å². The van der Waals surface area contributed by atoms with Crippen LogP contribution < -0.4 is 5.32 Å². The number of hydrogen-bond donors (Lipinski definition) is 1. The number of rotatable bonds is 2. The summed E-state index contributed by atoms with van der Waals surface area (Å²) in [6.45, 7) is 8.16. The number of hydrogen-bond acceptors (Lipinski definition) is 2. The molecule has 0 spiro atoms.